The van der Waals surface area contributed by atoms with Crippen LogP contribution in [0.1, 0.15) is 10.4 Å². The molecule has 152 valence electrons. The van der Waals surface area contributed by atoms with E-state index in [1.807, 2.05) is 0 Å². The van der Waals surface area contributed by atoms with Crippen molar-refractivity contribution in [1.82, 2.24) is 9.97 Å². The molecule has 0 unspecified atom stereocenters. The summed E-state index contributed by atoms with van der Waals surface area (Å²) in [7, 11) is 2.88. The molecular weight excluding hydrogens is 410 g/mol. The first-order valence-electron chi connectivity index (χ1n) is 8.63. The molecule has 9 heteroatoms. The predicted octanol–water partition coefficient (Wildman–Crippen LogP) is 4.29. The zero-order chi connectivity index (χ0) is 21.5. The molecule has 0 radical (unpaired) electrons. The van der Waals surface area contributed by atoms with Gasteiger partial charge in [0.05, 0.1) is 20.3 Å². The average Bonchev–Trinajstić information content (AvgIpc) is 2.77. The summed E-state index contributed by atoms with van der Waals surface area (Å²) in [5.74, 6) is -0.147. The van der Waals surface area contributed by atoms with Crippen molar-refractivity contribution in [3.63, 3.8) is 0 Å². The third-order valence-electron chi connectivity index (χ3n) is 3.93. The van der Waals surface area contributed by atoms with Crippen LogP contribution < -0.4 is 14.2 Å². The van der Waals surface area contributed by atoms with Gasteiger partial charge in [-0.2, -0.15) is 15.2 Å². The lowest BCUT2D eigenvalue weighted by molar-refractivity contribution is 0.0553. The number of aromatic nitrogens is 2. The topological polar surface area (TPSA) is 104 Å². The third-order valence-corrected chi connectivity index (χ3v) is 4.18. The van der Waals surface area contributed by atoms with Gasteiger partial charge in [0, 0.05) is 5.02 Å². The summed E-state index contributed by atoms with van der Waals surface area (Å²) in [4.78, 5) is 21.0. The van der Waals surface area contributed by atoms with E-state index in [0.717, 1.165) is 0 Å². The standard InChI is InChI=1S/C21H16ClN3O5/c1-27-17-12-18(28-2)25-21(24-17)30-16-5-3-4-15(13-6-8-14(22)9-7-13)19(16)20(26)29-11-10-23/h3-9,12H,11H2,1-2H3. The Morgan fingerprint density at radius 1 is 1.07 bits per heavy atom. The first-order chi connectivity index (χ1) is 14.5. The van der Waals surface area contributed by atoms with Gasteiger partial charge in [-0.3, -0.25) is 0 Å². The van der Waals surface area contributed by atoms with Gasteiger partial charge in [0.2, 0.25) is 11.8 Å². The average molecular weight is 426 g/mol. The zero-order valence-corrected chi connectivity index (χ0v) is 16.8. The summed E-state index contributed by atoms with van der Waals surface area (Å²) in [6, 6.07) is 15.1. The number of ether oxygens (including phenoxy) is 4. The summed E-state index contributed by atoms with van der Waals surface area (Å²) in [6.07, 6.45) is 0. The van der Waals surface area contributed by atoms with Crippen LogP contribution in [0.25, 0.3) is 11.1 Å². The van der Waals surface area contributed by atoms with Crippen LogP contribution in [0.5, 0.6) is 23.5 Å². The molecule has 8 nitrogen and oxygen atoms in total. The van der Waals surface area contributed by atoms with Gasteiger partial charge < -0.3 is 18.9 Å². The molecule has 30 heavy (non-hydrogen) atoms. The van der Waals surface area contributed by atoms with Crippen molar-refractivity contribution >= 4 is 17.6 Å². The second-order valence-electron chi connectivity index (χ2n) is 5.76. The lowest BCUT2D eigenvalue weighted by Gasteiger charge is -2.14. The maximum Gasteiger partial charge on any atom is 0.343 e. The van der Waals surface area contributed by atoms with Crippen LogP contribution in [0, 0.1) is 11.3 Å². The molecule has 0 bridgehead atoms. The number of benzene rings is 2. The highest BCUT2D eigenvalue weighted by Gasteiger charge is 2.22. The van der Waals surface area contributed by atoms with Crippen LogP contribution >= 0.6 is 11.6 Å². The van der Waals surface area contributed by atoms with Crippen molar-refractivity contribution < 1.29 is 23.7 Å². The molecule has 3 rings (SSSR count). The first-order valence-corrected chi connectivity index (χ1v) is 9.01. The number of carbonyl (C=O) groups is 1. The lowest BCUT2D eigenvalue weighted by atomic mass is 9.99. The molecule has 0 N–H and O–H groups in total. The van der Waals surface area contributed by atoms with Gasteiger partial charge in [0.1, 0.15) is 17.4 Å². The lowest BCUT2D eigenvalue weighted by Crippen LogP contribution is -2.10. The second-order valence-corrected chi connectivity index (χ2v) is 6.19. The van der Waals surface area contributed by atoms with Crippen molar-refractivity contribution in [2.75, 3.05) is 20.8 Å². The van der Waals surface area contributed by atoms with Crippen LogP contribution in [-0.2, 0) is 4.74 Å². The Hall–Kier alpha value is -3.83. The molecule has 0 aliphatic carbocycles. The Labute approximate surface area is 177 Å². The summed E-state index contributed by atoms with van der Waals surface area (Å²) in [6.45, 7) is -0.406. The molecule has 0 fully saturated rings. The number of carbonyl (C=O) groups excluding carboxylic acids is 1. The highest BCUT2D eigenvalue weighted by Crippen LogP contribution is 2.34. The summed E-state index contributed by atoms with van der Waals surface area (Å²) in [5, 5.41) is 9.33. The summed E-state index contributed by atoms with van der Waals surface area (Å²) < 4.78 is 21.1. The Morgan fingerprint density at radius 2 is 1.73 bits per heavy atom. The molecule has 0 aliphatic rings. The number of halogens is 1. The quantitative estimate of drug-likeness (QED) is 0.516. The molecule has 0 amide bonds. The number of esters is 1. The zero-order valence-electron chi connectivity index (χ0n) is 16.1. The third kappa shape index (κ3) is 4.77. The number of rotatable bonds is 7. The van der Waals surface area contributed by atoms with Gasteiger partial charge in [-0.15, -0.1) is 0 Å². The molecule has 0 spiro atoms. The van der Waals surface area contributed by atoms with E-state index in [-0.39, 0.29) is 29.1 Å². The van der Waals surface area contributed by atoms with E-state index in [4.69, 9.17) is 35.8 Å². The Morgan fingerprint density at radius 3 is 2.33 bits per heavy atom. The van der Waals surface area contributed by atoms with Gasteiger partial charge in [-0.1, -0.05) is 35.9 Å². The minimum Gasteiger partial charge on any atom is -0.481 e. The fraction of sp³-hybridized carbons (Fsp3) is 0.143. The Kier molecular flexibility index (Phi) is 6.67. The molecule has 3 aromatic rings. The second kappa shape index (κ2) is 9.58. The molecule has 1 heterocycles. The normalized spacial score (nSPS) is 10.1. The van der Waals surface area contributed by atoms with Crippen LogP contribution in [0.4, 0.5) is 0 Å². The summed E-state index contributed by atoms with van der Waals surface area (Å²) >= 11 is 5.97. The van der Waals surface area contributed by atoms with E-state index in [1.165, 1.54) is 20.3 Å². The van der Waals surface area contributed by atoms with Crippen LogP contribution in [0.15, 0.2) is 48.5 Å². The fourth-order valence-corrected chi connectivity index (χ4v) is 2.73. The minimum absolute atomic E-state index is 0.0891. The molecule has 0 aliphatic heterocycles. The van der Waals surface area contributed by atoms with E-state index >= 15 is 0 Å². The SMILES string of the molecule is COc1cc(OC)nc(Oc2cccc(-c3ccc(Cl)cc3)c2C(=O)OCC#N)n1. The fourth-order valence-electron chi connectivity index (χ4n) is 2.60. The van der Waals surface area contributed by atoms with Gasteiger partial charge in [-0.05, 0) is 29.3 Å². The molecule has 0 saturated heterocycles. The molecule has 1 aromatic heterocycles. The van der Waals surface area contributed by atoms with E-state index in [9.17, 15) is 4.79 Å². The van der Waals surface area contributed by atoms with E-state index in [2.05, 4.69) is 9.97 Å². The highest BCUT2D eigenvalue weighted by atomic mass is 35.5. The summed E-state index contributed by atoms with van der Waals surface area (Å²) in [5.41, 5.74) is 1.35. The molecule has 0 atom stereocenters. The van der Waals surface area contributed by atoms with Crippen molar-refractivity contribution in [2.24, 2.45) is 0 Å². The largest absolute Gasteiger partial charge is 0.481 e. The van der Waals surface area contributed by atoms with Gasteiger partial charge in [0.25, 0.3) is 0 Å². The van der Waals surface area contributed by atoms with Gasteiger partial charge in [0.15, 0.2) is 6.61 Å². The van der Waals surface area contributed by atoms with Crippen LogP contribution in [-0.4, -0.2) is 36.8 Å². The minimum atomic E-state index is -0.730. The molecule has 0 saturated carbocycles. The van der Waals surface area contributed by atoms with Crippen molar-refractivity contribution in [3.8, 4) is 40.7 Å². The predicted molar refractivity (Wildman–Crippen MR) is 108 cm³/mol. The van der Waals surface area contributed by atoms with E-state index in [1.54, 1.807) is 48.5 Å². The number of nitriles is 1. The maximum atomic E-state index is 12.8. The van der Waals surface area contributed by atoms with E-state index in [0.29, 0.717) is 16.1 Å². The first kappa shape index (κ1) is 20.9. The van der Waals surface area contributed by atoms with Crippen molar-refractivity contribution in [3.05, 3.63) is 59.1 Å². The number of methoxy groups -OCH3 is 2. The van der Waals surface area contributed by atoms with Gasteiger partial charge in [-0.25, -0.2) is 4.79 Å². The Balaban J connectivity index is 2.10. The van der Waals surface area contributed by atoms with Crippen LogP contribution in [0.3, 0.4) is 0 Å². The van der Waals surface area contributed by atoms with Crippen LogP contribution in [0.2, 0.25) is 5.02 Å². The number of hydrogen-bond acceptors (Lipinski definition) is 8. The molecule has 2 aromatic carbocycles. The maximum absolute atomic E-state index is 12.8. The van der Waals surface area contributed by atoms with Crippen molar-refractivity contribution in [1.29, 1.82) is 5.26 Å². The number of hydrogen-bond donors (Lipinski definition) is 0. The highest BCUT2D eigenvalue weighted by molar-refractivity contribution is 6.30. The molecular formula is C21H16ClN3O5. The smallest absolute Gasteiger partial charge is 0.343 e. The van der Waals surface area contributed by atoms with Crippen molar-refractivity contribution in [2.45, 2.75) is 0 Å². The monoisotopic (exact) mass is 425 g/mol. The van der Waals surface area contributed by atoms with E-state index < -0.39 is 12.6 Å². The van der Waals surface area contributed by atoms with Gasteiger partial charge >= 0.3 is 12.0 Å². The number of nitrogens with zero attached hydrogens (tertiary/aromatic N) is 3. The Bertz CT molecular complexity index is 1070.